The van der Waals surface area contributed by atoms with Crippen LogP contribution in [-0.2, 0) is 6.54 Å². The first-order valence-electron chi connectivity index (χ1n) is 7.91. The van der Waals surface area contributed by atoms with Crippen LogP contribution in [-0.4, -0.2) is 19.1 Å². The van der Waals surface area contributed by atoms with E-state index in [1.54, 1.807) is 0 Å². The zero-order chi connectivity index (χ0) is 13.5. The van der Waals surface area contributed by atoms with Crippen LogP contribution in [0.25, 0.3) is 0 Å². The van der Waals surface area contributed by atoms with Gasteiger partial charge in [0.05, 0.1) is 0 Å². The van der Waals surface area contributed by atoms with E-state index in [0.29, 0.717) is 0 Å². The van der Waals surface area contributed by atoms with E-state index in [2.05, 4.69) is 48.3 Å². The normalized spacial score (nSPS) is 15.9. The molecule has 1 aromatic rings. The van der Waals surface area contributed by atoms with Crippen molar-refractivity contribution in [3.63, 3.8) is 0 Å². The first kappa shape index (κ1) is 14.4. The molecule has 1 saturated carbocycles. The predicted molar refractivity (Wildman–Crippen MR) is 83.7 cm³/mol. The molecule has 0 heterocycles. The average molecular weight is 260 g/mol. The summed E-state index contributed by atoms with van der Waals surface area (Å²) in [7, 11) is 0. The summed E-state index contributed by atoms with van der Waals surface area (Å²) >= 11 is 0. The molecule has 2 nitrogen and oxygen atoms in total. The van der Waals surface area contributed by atoms with Crippen molar-refractivity contribution in [2.75, 3.05) is 18.0 Å². The molecule has 1 aliphatic carbocycles. The summed E-state index contributed by atoms with van der Waals surface area (Å²) in [6.07, 6.45) is 6.74. The molecule has 1 aliphatic rings. The molecular weight excluding hydrogens is 232 g/mol. The van der Waals surface area contributed by atoms with Crippen LogP contribution in [0.3, 0.4) is 0 Å². The number of benzene rings is 1. The number of rotatable bonds is 7. The lowest BCUT2D eigenvalue weighted by Gasteiger charge is -2.30. The van der Waals surface area contributed by atoms with E-state index in [1.165, 1.54) is 43.4 Å². The highest BCUT2D eigenvalue weighted by atomic mass is 15.2. The Hall–Kier alpha value is -1.02. The molecule has 19 heavy (non-hydrogen) atoms. The Balaban J connectivity index is 1.95. The zero-order valence-electron chi connectivity index (χ0n) is 12.5. The Morgan fingerprint density at radius 2 is 1.79 bits per heavy atom. The Labute approximate surface area is 118 Å². The summed E-state index contributed by atoms with van der Waals surface area (Å²) in [4.78, 5) is 2.58. The van der Waals surface area contributed by atoms with Gasteiger partial charge in [-0.2, -0.15) is 0 Å². The third kappa shape index (κ3) is 3.97. The van der Waals surface area contributed by atoms with Crippen LogP contribution in [0.2, 0.25) is 0 Å². The van der Waals surface area contributed by atoms with E-state index < -0.39 is 0 Å². The summed E-state index contributed by atoms with van der Waals surface area (Å²) in [6.45, 7) is 7.69. The predicted octanol–water partition coefficient (Wildman–Crippen LogP) is 3.96. The van der Waals surface area contributed by atoms with Crippen molar-refractivity contribution in [3.05, 3.63) is 29.8 Å². The lowest BCUT2D eigenvalue weighted by atomic mass is 10.1. The Morgan fingerprint density at radius 1 is 1.11 bits per heavy atom. The lowest BCUT2D eigenvalue weighted by Crippen LogP contribution is -2.32. The summed E-state index contributed by atoms with van der Waals surface area (Å²) in [5, 5.41) is 3.46. The largest absolute Gasteiger partial charge is 0.369 e. The summed E-state index contributed by atoms with van der Waals surface area (Å²) in [6, 6.07) is 9.91. The van der Waals surface area contributed by atoms with Crippen molar-refractivity contribution >= 4 is 5.69 Å². The number of hydrogen-bond donors (Lipinski definition) is 1. The molecule has 0 atom stereocenters. The molecule has 0 amide bonds. The van der Waals surface area contributed by atoms with E-state index in [4.69, 9.17) is 0 Å². The number of nitrogens with zero attached hydrogens (tertiary/aromatic N) is 1. The van der Waals surface area contributed by atoms with Crippen molar-refractivity contribution in [3.8, 4) is 0 Å². The molecule has 1 aromatic carbocycles. The molecule has 0 unspecified atom stereocenters. The minimum Gasteiger partial charge on any atom is -0.369 e. The van der Waals surface area contributed by atoms with Crippen molar-refractivity contribution in [1.29, 1.82) is 0 Å². The van der Waals surface area contributed by atoms with Gasteiger partial charge in [0.1, 0.15) is 0 Å². The first-order chi connectivity index (χ1) is 9.35. The van der Waals surface area contributed by atoms with Crippen LogP contribution in [0.4, 0.5) is 5.69 Å². The van der Waals surface area contributed by atoms with Gasteiger partial charge < -0.3 is 10.2 Å². The quantitative estimate of drug-likeness (QED) is 0.747. The molecule has 106 valence electrons. The molecule has 0 aliphatic heterocycles. The zero-order valence-corrected chi connectivity index (χ0v) is 12.5. The van der Waals surface area contributed by atoms with Crippen LogP contribution >= 0.6 is 0 Å². The molecule has 0 radical (unpaired) electrons. The van der Waals surface area contributed by atoms with Crippen LogP contribution in [0.15, 0.2) is 24.3 Å². The highest BCUT2D eigenvalue weighted by Crippen LogP contribution is 2.28. The molecule has 1 fully saturated rings. The average Bonchev–Trinajstić information content (AvgIpc) is 2.96. The molecule has 1 N–H and O–H groups in total. The Bertz CT molecular complexity index is 352. The second-order valence-electron chi connectivity index (χ2n) is 5.57. The fourth-order valence-corrected chi connectivity index (χ4v) is 3.08. The highest BCUT2D eigenvalue weighted by molar-refractivity contribution is 5.48. The summed E-state index contributed by atoms with van der Waals surface area (Å²) in [5.74, 6) is 0. The second-order valence-corrected chi connectivity index (χ2v) is 5.57. The topological polar surface area (TPSA) is 15.3 Å². The lowest BCUT2D eigenvalue weighted by molar-refractivity contribution is 0.619. The van der Waals surface area contributed by atoms with Crippen molar-refractivity contribution in [2.24, 2.45) is 0 Å². The maximum atomic E-state index is 3.46. The monoisotopic (exact) mass is 260 g/mol. The first-order valence-corrected chi connectivity index (χ1v) is 7.91. The highest BCUT2D eigenvalue weighted by Gasteiger charge is 2.21. The fraction of sp³-hybridized carbons (Fsp3) is 0.647. The summed E-state index contributed by atoms with van der Waals surface area (Å²) < 4.78 is 0. The smallest absolute Gasteiger partial charge is 0.0368 e. The van der Waals surface area contributed by atoms with Gasteiger partial charge in [0, 0.05) is 24.8 Å². The minimum absolute atomic E-state index is 0.772. The summed E-state index contributed by atoms with van der Waals surface area (Å²) in [5.41, 5.74) is 2.79. The van der Waals surface area contributed by atoms with E-state index in [9.17, 15) is 0 Å². The third-order valence-corrected chi connectivity index (χ3v) is 4.13. The van der Waals surface area contributed by atoms with E-state index in [-0.39, 0.29) is 0 Å². The van der Waals surface area contributed by atoms with E-state index in [1.807, 2.05) is 0 Å². The van der Waals surface area contributed by atoms with Gasteiger partial charge in [-0.05, 0) is 50.4 Å². The van der Waals surface area contributed by atoms with Gasteiger partial charge in [0.2, 0.25) is 0 Å². The Kier molecular flexibility index (Phi) is 5.71. The van der Waals surface area contributed by atoms with Crippen LogP contribution in [0.5, 0.6) is 0 Å². The van der Waals surface area contributed by atoms with Gasteiger partial charge in [-0.1, -0.05) is 31.9 Å². The number of anilines is 1. The molecule has 0 aromatic heterocycles. The van der Waals surface area contributed by atoms with Gasteiger partial charge in [0.15, 0.2) is 0 Å². The SMILES string of the molecule is CCCNCc1ccc(N(CC)C2CCCC2)cc1. The molecule has 0 saturated heterocycles. The third-order valence-electron chi connectivity index (χ3n) is 4.13. The molecule has 2 heteroatoms. The number of hydrogen-bond acceptors (Lipinski definition) is 2. The molecular formula is C17H28N2. The van der Waals surface area contributed by atoms with Crippen LogP contribution in [0, 0.1) is 0 Å². The minimum atomic E-state index is 0.772. The van der Waals surface area contributed by atoms with E-state index in [0.717, 1.165) is 25.7 Å². The number of nitrogens with one attached hydrogen (secondary N) is 1. The molecule has 0 bridgehead atoms. The van der Waals surface area contributed by atoms with Crippen molar-refractivity contribution < 1.29 is 0 Å². The van der Waals surface area contributed by atoms with Crippen molar-refractivity contribution in [2.45, 2.75) is 58.5 Å². The molecule has 2 rings (SSSR count). The Morgan fingerprint density at radius 3 is 2.37 bits per heavy atom. The standard InChI is InChI=1S/C17H28N2/c1-3-13-18-14-15-9-11-17(12-10-15)19(4-2)16-7-5-6-8-16/h9-12,16,18H,3-8,13-14H2,1-2H3. The van der Waals surface area contributed by atoms with Gasteiger partial charge in [-0.15, -0.1) is 0 Å². The fourth-order valence-electron chi connectivity index (χ4n) is 3.08. The maximum Gasteiger partial charge on any atom is 0.0368 e. The second kappa shape index (κ2) is 7.54. The van der Waals surface area contributed by atoms with Gasteiger partial charge >= 0.3 is 0 Å². The van der Waals surface area contributed by atoms with Crippen LogP contribution < -0.4 is 10.2 Å². The van der Waals surface area contributed by atoms with Crippen LogP contribution in [0.1, 0.15) is 51.5 Å². The van der Waals surface area contributed by atoms with Gasteiger partial charge in [-0.3, -0.25) is 0 Å². The van der Waals surface area contributed by atoms with Gasteiger partial charge in [-0.25, -0.2) is 0 Å². The molecule has 0 spiro atoms. The van der Waals surface area contributed by atoms with Crippen molar-refractivity contribution in [1.82, 2.24) is 5.32 Å². The van der Waals surface area contributed by atoms with E-state index >= 15 is 0 Å². The maximum absolute atomic E-state index is 3.46. The van der Waals surface area contributed by atoms with Gasteiger partial charge in [0.25, 0.3) is 0 Å².